The third-order valence-electron chi connectivity index (χ3n) is 5.40. The number of hydrogen-bond donors (Lipinski definition) is 1. The second-order valence-electron chi connectivity index (χ2n) is 7.03. The van der Waals surface area contributed by atoms with E-state index in [9.17, 15) is 4.79 Å². The van der Waals surface area contributed by atoms with E-state index in [1.54, 1.807) is 7.11 Å². The van der Waals surface area contributed by atoms with Gasteiger partial charge in [0.1, 0.15) is 11.9 Å². The number of benzene rings is 3. The standard InChI is InChI=1S/C23H19N3O2S/c1-28-19-13-7-11-17-20(19)24-23(29)26-18-12-6-5-10-16(18)22(27)25(21(17)26)14-15-8-3-2-4-9-15/h2-13,21H,14H2,1H3,(H,24,29). The fourth-order valence-electron chi connectivity index (χ4n) is 4.10. The minimum atomic E-state index is -0.351. The Morgan fingerprint density at radius 1 is 1.00 bits per heavy atom. The number of ether oxygens (including phenoxy) is 1. The van der Waals surface area contributed by atoms with Crippen LogP contribution in [0.1, 0.15) is 27.7 Å². The Bertz CT molecular complexity index is 1120. The number of fused-ring (bicyclic) bond motifs is 5. The lowest BCUT2D eigenvalue weighted by Crippen LogP contribution is -2.54. The van der Waals surface area contributed by atoms with Crippen molar-refractivity contribution in [1.29, 1.82) is 0 Å². The summed E-state index contributed by atoms with van der Waals surface area (Å²) in [5, 5.41) is 3.86. The Balaban J connectivity index is 1.72. The van der Waals surface area contributed by atoms with Crippen molar-refractivity contribution in [2.45, 2.75) is 12.7 Å². The number of carbonyl (C=O) groups excluding carboxylic acids is 1. The average Bonchev–Trinajstić information content (AvgIpc) is 2.76. The molecule has 3 aromatic rings. The minimum absolute atomic E-state index is 0.0100. The van der Waals surface area contributed by atoms with Crippen molar-refractivity contribution in [2.75, 3.05) is 17.3 Å². The highest BCUT2D eigenvalue weighted by Crippen LogP contribution is 2.47. The normalized spacial score (nSPS) is 17.2. The molecule has 0 aromatic heterocycles. The van der Waals surface area contributed by atoms with Gasteiger partial charge >= 0.3 is 0 Å². The van der Waals surface area contributed by atoms with Crippen molar-refractivity contribution in [1.82, 2.24) is 4.90 Å². The molecule has 144 valence electrons. The van der Waals surface area contributed by atoms with Gasteiger partial charge in [0.15, 0.2) is 5.11 Å². The zero-order chi connectivity index (χ0) is 20.0. The van der Waals surface area contributed by atoms with Gasteiger partial charge in [0.25, 0.3) is 5.91 Å². The smallest absolute Gasteiger partial charge is 0.258 e. The number of para-hydroxylation sites is 2. The minimum Gasteiger partial charge on any atom is -0.495 e. The molecule has 3 aromatic carbocycles. The topological polar surface area (TPSA) is 44.8 Å². The van der Waals surface area contributed by atoms with Crippen LogP contribution in [0.2, 0.25) is 0 Å². The number of rotatable bonds is 3. The van der Waals surface area contributed by atoms with Gasteiger partial charge in [-0.2, -0.15) is 0 Å². The Morgan fingerprint density at radius 2 is 1.76 bits per heavy atom. The van der Waals surface area contributed by atoms with Crippen LogP contribution < -0.4 is 15.0 Å². The van der Waals surface area contributed by atoms with E-state index < -0.39 is 0 Å². The molecule has 1 unspecified atom stereocenters. The van der Waals surface area contributed by atoms with E-state index >= 15 is 0 Å². The van der Waals surface area contributed by atoms with Crippen molar-refractivity contribution in [2.24, 2.45) is 0 Å². The van der Waals surface area contributed by atoms with E-state index in [4.69, 9.17) is 17.0 Å². The van der Waals surface area contributed by atoms with Crippen LogP contribution in [0.3, 0.4) is 0 Å². The summed E-state index contributed by atoms with van der Waals surface area (Å²) in [5.41, 5.74) is 4.30. The Morgan fingerprint density at radius 3 is 2.55 bits per heavy atom. The molecule has 29 heavy (non-hydrogen) atoms. The van der Waals surface area contributed by atoms with Crippen LogP contribution in [0, 0.1) is 0 Å². The van der Waals surface area contributed by atoms with Crippen molar-refractivity contribution in [3.8, 4) is 5.75 Å². The largest absolute Gasteiger partial charge is 0.495 e. The number of thiocarbonyl (C=S) groups is 1. The Labute approximate surface area is 174 Å². The third-order valence-corrected chi connectivity index (χ3v) is 5.70. The SMILES string of the molecule is COc1cccc2c1NC(=S)N1c3ccccc3C(=O)N(Cc3ccccc3)C21. The van der Waals surface area contributed by atoms with Crippen LogP contribution >= 0.6 is 12.2 Å². The molecule has 0 saturated carbocycles. The van der Waals surface area contributed by atoms with Crippen molar-refractivity contribution in [3.63, 3.8) is 0 Å². The fourth-order valence-corrected chi connectivity index (χ4v) is 4.40. The summed E-state index contributed by atoms with van der Waals surface area (Å²) in [6.45, 7) is 0.481. The second kappa shape index (κ2) is 6.90. The summed E-state index contributed by atoms with van der Waals surface area (Å²) < 4.78 is 5.55. The molecule has 0 spiro atoms. The number of methoxy groups -OCH3 is 1. The van der Waals surface area contributed by atoms with Crippen LogP contribution in [0.4, 0.5) is 11.4 Å². The van der Waals surface area contributed by atoms with E-state index in [0.29, 0.717) is 23.0 Å². The summed E-state index contributed by atoms with van der Waals surface area (Å²) in [6, 6.07) is 23.5. The maximum atomic E-state index is 13.6. The molecular weight excluding hydrogens is 382 g/mol. The summed E-state index contributed by atoms with van der Waals surface area (Å²) in [5.74, 6) is 0.694. The van der Waals surface area contributed by atoms with Gasteiger partial charge in [-0.3, -0.25) is 9.69 Å². The maximum Gasteiger partial charge on any atom is 0.258 e. The predicted molar refractivity (Wildman–Crippen MR) is 117 cm³/mol. The number of hydrogen-bond acceptors (Lipinski definition) is 3. The molecule has 1 amide bonds. The number of anilines is 2. The van der Waals surface area contributed by atoms with Crippen LogP contribution in [0.15, 0.2) is 72.8 Å². The molecule has 1 N–H and O–H groups in total. The predicted octanol–water partition coefficient (Wildman–Crippen LogP) is 4.57. The first-order valence-electron chi connectivity index (χ1n) is 9.40. The van der Waals surface area contributed by atoms with Gasteiger partial charge in [-0.05, 0) is 36.0 Å². The molecule has 0 bridgehead atoms. The highest BCUT2D eigenvalue weighted by molar-refractivity contribution is 7.80. The zero-order valence-corrected chi connectivity index (χ0v) is 16.6. The fraction of sp³-hybridized carbons (Fsp3) is 0.130. The summed E-state index contributed by atoms with van der Waals surface area (Å²) in [7, 11) is 1.63. The van der Waals surface area contributed by atoms with Crippen molar-refractivity contribution in [3.05, 3.63) is 89.5 Å². The van der Waals surface area contributed by atoms with Crippen LogP contribution in [0.5, 0.6) is 5.75 Å². The molecule has 5 nitrogen and oxygen atoms in total. The highest BCUT2D eigenvalue weighted by Gasteiger charge is 2.44. The molecule has 0 radical (unpaired) electrons. The third kappa shape index (κ3) is 2.76. The number of carbonyl (C=O) groups is 1. The first kappa shape index (κ1) is 17.7. The summed E-state index contributed by atoms with van der Waals surface area (Å²) in [6.07, 6.45) is -0.351. The van der Waals surface area contributed by atoms with E-state index in [2.05, 4.69) is 5.32 Å². The number of nitrogens with zero attached hydrogens (tertiary/aromatic N) is 2. The zero-order valence-electron chi connectivity index (χ0n) is 15.8. The molecule has 0 saturated heterocycles. The van der Waals surface area contributed by atoms with Crippen LogP contribution in [0.25, 0.3) is 0 Å². The molecule has 0 fully saturated rings. The van der Waals surface area contributed by atoms with E-state index in [0.717, 1.165) is 22.5 Å². The number of amides is 1. The van der Waals surface area contributed by atoms with Gasteiger partial charge in [-0.25, -0.2) is 0 Å². The first-order valence-corrected chi connectivity index (χ1v) is 9.81. The van der Waals surface area contributed by atoms with Gasteiger partial charge < -0.3 is 15.0 Å². The lowest BCUT2D eigenvalue weighted by Gasteiger charge is -2.48. The first-order chi connectivity index (χ1) is 14.2. The average molecular weight is 401 g/mol. The highest BCUT2D eigenvalue weighted by atomic mass is 32.1. The molecule has 5 rings (SSSR count). The van der Waals surface area contributed by atoms with Crippen LogP contribution in [-0.4, -0.2) is 23.0 Å². The Kier molecular flexibility index (Phi) is 4.21. The van der Waals surface area contributed by atoms with E-state index in [-0.39, 0.29) is 12.1 Å². The monoisotopic (exact) mass is 401 g/mol. The molecular formula is C23H19N3O2S. The van der Waals surface area contributed by atoms with Gasteiger partial charge in [0, 0.05) is 12.1 Å². The second-order valence-corrected chi connectivity index (χ2v) is 7.42. The molecule has 2 aliphatic heterocycles. The van der Waals surface area contributed by atoms with Gasteiger partial charge in [-0.1, -0.05) is 54.6 Å². The molecule has 1 atom stereocenters. The molecule has 6 heteroatoms. The molecule has 2 heterocycles. The maximum absolute atomic E-state index is 13.6. The van der Waals surface area contributed by atoms with E-state index in [1.807, 2.05) is 82.6 Å². The van der Waals surface area contributed by atoms with Crippen molar-refractivity contribution >= 4 is 34.6 Å². The van der Waals surface area contributed by atoms with Crippen molar-refractivity contribution < 1.29 is 9.53 Å². The van der Waals surface area contributed by atoms with Gasteiger partial charge in [-0.15, -0.1) is 0 Å². The lowest BCUT2D eigenvalue weighted by atomic mass is 9.97. The Hall–Kier alpha value is -3.38. The van der Waals surface area contributed by atoms with Gasteiger partial charge in [0.05, 0.1) is 24.0 Å². The number of nitrogens with one attached hydrogen (secondary N) is 1. The quantitative estimate of drug-likeness (QED) is 0.652. The van der Waals surface area contributed by atoms with Crippen LogP contribution in [-0.2, 0) is 6.54 Å². The summed E-state index contributed by atoms with van der Waals surface area (Å²) >= 11 is 5.74. The molecule has 2 aliphatic rings. The summed E-state index contributed by atoms with van der Waals surface area (Å²) in [4.78, 5) is 17.5. The van der Waals surface area contributed by atoms with Gasteiger partial charge in [0.2, 0.25) is 0 Å². The molecule has 0 aliphatic carbocycles. The van der Waals surface area contributed by atoms with E-state index in [1.165, 1.54) is 0 Å². The lowest BCUT2D eigenvalue weighted by molar-refractivity contribution is 0.0645.